The molecule has 0 aliphatic rings. The Morgan fingerprint density at radius 3 is 2.30 bits per heavy atom. The standard InChI is InChI=1S/C17H25N3/c1-6-7-18-11-17-14(4)19-20(15(17)5)16-9-12(2)8-13(3)10-16/h8-10,18H,6-7,11H2,1-5H3. The summed E-state index contributed by atoms with van der Waals surface area (Å²) in [4.78, 5) is 0. The fourth-order valence-electron chi connectivity index (χ4n) is 2.65. The van der Waals surface area contributed by atoms with E-state index in [0.29, 0.717) is 0 Å². The number of hydrogen-bond donors (Lipinski definition) is 1. The highest BCUT2D eigenvalue weighted by Gasteiger charge is 2.12. The number of aromatic nitrogens is 2. The van der Waals surface area contributed by atoms with Crippen LogP contribution in [0, 0.1) is 27.7 Å². The molecule has 0 atom stereocenters. The molecule has 0 radical (unpaired) electrons. The average molecular weight is 271 g/mol. The van der Waals surface area contributed by atoms with Crippen molar-refractivity contribution in [2.45, 2.75) is 47.6 Å². The fraction of sp³-hybridized carbons (Fsp3) is 0.471. The van der Waals surface area contributed by atoms with Crippen LogP contribution >= 0.6 is 0 Å². The Morgan fingerprint density at radius 2 is 1.70 bits per heavy atom. The molecular formula is C17H25N3. The molecular weight excluding hydrogens is 246 g/mol. The van der Waals surface area contributed by atoms with Gasteiger partial charge in [-0.2, -0.15) is 5.10 Å². The lowest BCUT2D eigenvalue weighted by atomic mass is 10.1. The van der Waals surface area contributed by atoms with Gasteiger partial charge in [0.15, 0.2) is 0 Å². The maximum absolute atomic E-state index is 4.72. The molecule has 0 aliphatic heterocycles. The van der Waals surface area contributed by atoms with Crippen LogP contribution in [0.4, 0.5) is 0 Å². The van der Waals surface area contributed by atoms with Crippen LogP contribution in [-0.4, -0.2) is 16.3 Å². The molecule has 0 unspecified atom stereocenters. The smallest absolute Gasteiger partial charge is 0.0654 e. The van der Waals surface area contributed by atoms with Crippen LogP contribution in [0.1, 0.15) is 41.4 Å². The van der Waals surface area contributed by atoms with E-state index in [1.54, 1.807) is 0 Å². The summed E-state index contributed by atoms with van der Waals surface area (Å²) >= 11 is 0. The van der Waals surface area contributed by atoms with Gasteiger partial charge in [0.05, 0.1) is 11.4 Å². The van der Waals surface area contributed by atoms with Crippen LogP contribution in [0.2, 0.25) is 0 Å². The summed E-state index contributed by atoms with van der Waals surface area (Å²) < 4.78 is 2.07. The third-order valence-corrected chi connectivity index (χ3v) is 3.62. The molecule has 2 rings (SSSR count). The Bertz CT molecular complexity index is 576. The van der Waals surface area contributed by atoms with Gasteiger partial charge in [0, 0.05) is 17.8 Å². The zero-order valence-electron chi connectivity index (χ0n) is 13.2. The molecule has 1 aromatic carbocycles. The van der Waals surface area contributed by atoms with Crippen molar-refractivity contribution in [3.63, 3.8) is 0 Å². The van der Waals surface area contributed by atoms with E-state index in [1.165, 1.54) is 22.4 Å². The number of nitrogens with zero attached hydrogens (tertiary/aromatic N) is 2. The third kappa shape index (κ3) is 3.10. The quantitative estimate of drug-likeness (QED) is 0.842. The molecule has 2 aromatic rings. The Hall–Kier alpha value is -1.61. The van der Waals surface area contributed by atoms with Crippen molar-refractivity contribution in [3.8, 4) is 5.69 Å². The predicted molar refractivity (Wildman–Crippen MR) is 84.5 cm³/mol. The van der Waals surface area contributed by atoms with Crippen LogP contribution in [0.3, 0.4) is 0 Å². The average Bonchev–Trinajstić information content (AvgIpc) is 2.65. The van der Waals surface area contributed by atoms with E-state index in [4.69, 9.17) is 5.10 Å². The van der Waals surface area contributed by atoms with Crippen LogP contribution in [0.5, 0.6) is 0 Å². The van der Waals surface area contributed by atoms with Crippen molar-refractivity contribution in [3.05, 3.63) is 46.3 Å². The molecule has 0 spiro atoms. The van der Waals surface area contributed by atoms with Crippen LogP contribution in [-0.2, 0) is 6.54 Å². The second-order valence-electron chi connectivity index (χ2n) is 5.58. The van der Waals surface area contributed by atoms with E-state index in [9.17, 15) is 0 Å². The zero-order chi connectivity index (χ0) is 14.7. The molecule has 0 bridgehead atoms. The van der Waals surface area contributed by atoms with E-state index < -0.39 is 0 Å². The summed E-state index contributed by atoms with van der Waals surface area (Å²) in [6, 6.07) is 6.57. The number of benzene rings is 1. The topological polar surface area (TPSA) is 29.9 Å². The SMILES string of the molecule is CCCNCc1c(C)nn(-c2cc(C)cc(C)c2)c1C. The van der Waals surface area contributed by atoms with Gasteiger partial charge in [0.25, 0.3) is 0 Å². The van der Waals surface area contributed by atoms with Crippen molar-refractivity contribution in [2.75, 3.05) is 6.54 Å². The van der Waals surface area contributed by atoms with Gasteiger partial charge < -0.3 is 5.32 Å². The Kier molecular flexibility index (Phi) is 4.61. The van der Waals surface area contributed by atoms with Gasteiger partial charge in [-0.15, -0.1) is 0 Å². The van der Waals surface area contributed by atoms with Gasteiger partial charge in [-0.25, -0.2) is 4.68 Å². The van der Waals surface area contributed by atoms with E-state index in [-0.39, 0.29) is 0 Å². The monoisotopic (exact) mass is 271 g/mol. The highest BCUT2D eigenvalue weighted by atomic mass is 15.3. The number of nitrogens with one attached hydrogen (secondary N) is 1. The minimum atomic E-state index is 0.899. The largest absolute Gasteiger partial charge is 0.313 e. The van der Waals surface area contributed by atoms with Crippen LogP contribution in [0.25, 0.3) is 5.69 Å². The van der Waals surface area contributed by atoms with Crippen molar-refractivity contribution in [1.82, 2.24) is 15.1 Å². The second kappa shape index (κ2) is 6.23. The predicted octanol–water partition coefficient (Wildman–Crippen LogP) is 3.61. The summed E-state index contributed by atoms with van der Waals surface area (Å²) in [6.07, 6.45) is 1.16. The minimum absolute atomic E-state index is 0.899. The second-order valence-corrected chi connectivity index (χ2v) is 5.58. The van der Waals surface area contributed by atoms with E-state index in [1.807, 2.05) is 0 Å². The first-order chi connectivity index (χ1) is 9.52. The third-order valence-electron chi connectivity index (χ3n) is 3.62. The van der Waals surface area contributed by atoms with Gasteiger partial charge >= 0.3 is 0 Å². The summed E-state index contributed by atoms with van der Waals surface area (Å²) in [5.74, 6) is 0. The molecule has 108 valence electrons. The molecule has 0 fully saturated rings. The van der Waals surface area contributed by atoms with Gasteiger partial charge in [-0.1, -0.05) is 13.0 Å². The van der Waals surface area contributed by atoms with Crippen molar-refractivity contribution < 1.29 is 0 Å². The molecule has 1 aromatic heterocycles. The summed E-state index contributed by atoms with van der Waals surface area (Å²) in [5, 5.41) is 8.19. The lowest BCUT2D eigenvalue weighted by Gasteiger charge is -2.08. The zero-order valence-corrected chi connectivity index (χ0v) is 13.2. The molecule has 3 nitrogen and oxygen atoms in total. The molecule has 1 heterocycles. The maximum atomic E-state index is 4.72. The van der Waals surface area contributed by atoms with Crippen molar-refractivity contribution in [2.24, 2.45) is 0 Å². The van der Waals surface area contributed by atoms with Gasteiger partial charge in [0.1, 0.15) is 0 Å². The van der Waals surface area contributed by atoms with Gasteiger partial charge in [0.2, 0.25) is 0 Å². The molecule has 3 heteroatoms. The highest BCUT2D eigenvalue weighted by Crippen LogP contribution is 2.19. The molecule has 1 N–H and O–H groups in total. The summed E-state index contributed by atoms with van der Waals surface area (Å²) in [7, 11) is 0. The van der Waals surface area contributed by atoms with Crippen LogP contribution < -0.4 is 5.32 Å². The van der Waals surface area contributed by atoms with Crippen molar-refractivity contribution in [1.29, 1.82) is 0 Å². The Morgan fingerprint density at radius 1 is 1.05 bits per heavy atom. The highest BCUT2D eigenvalue weighted by molar-refractivity contribution is 5.42. The first-order valence-corrected chi connectivity index (χ1v) is 7.37. The normalized spacial score (nSPS) is 11.1. The van der Waals surface area contributed by atoms with Gasteiger partial charge in [-0.05, 0) is 63.9 Å². The Labute approximate surface area is 122 Å². The number of aryl methyl sites for hydroxylation is 3. The van der Waals surface area contributed by atoms with E-state index >= 15 is 0 Å². The minimum Gasteiger partial charge on any atom is -0.313 e. The summed E-state index contributed by atoms with van der Waals surface area (Å²) in [5.41, 5.74) is 7.38. The van der Waals surface area contributed by atoms with Gasteiger partial charge in [-0.3, -0.25) is 0 Å². The van der Waals surface area contributed by atoms with E-state index in [0.717, 1.165) is 30.9 Å². The molecule has 20 heavy (non-hydrogen) atoms. The fourth-order valence-corrected chi connectivity index (χ4v) is 2.65. The van der Waals surface area contributed by atoms with E-state index in [2.05, 4.69) is 62.8 Å². The van der Waals surface area contributed by atoms with Crippen molar-refractivity contribution >= 4 is 0 Å². The summed E-state index contributed by atoms with van der Waals surface area (Å²) in [6.45, 7) is 12.6. The van der Waals surface area contributed by atoms with Crippen LogP contribution in [0.15, 0.2) is 18.2 Å². The lowest BCUT2D eigenvalue weighted by molar-refractivity contribution is 0.670. The molecule has 0 aliphatic carbocycles. The number of hydrogen-bond acceptors (Lipinski definition) is 2. The maximum Gasteiger partial charge on any atom is 0.0654 e. The molecule has 0 amide bonds. The molecule has 0 saturated heterocycles. The lowest BCUT2D eigenvalue weighted by Crippen LogP contribution is -2.15. The number of rotatable bonds is 5. The first-order valence-electron chi connectivity index (χ1n) is 7.37. The Balaban J connectivity index is 2.35. The first kappa shape index (κ1) is 14.8. The molecule has 0 saturated carbocycles.